The van der Waals surface area contributed by atoms with Crippen molar-refractivity contribution >= 4 is 44.9 Å². The average Bonchev–Trinajstić information content (AvgIpc) is 3.05. The minimum atomic E-state index is -4.56. The van der Waals surface area contributed by atoms with E-state index in [4.69, 9.17) is 11.6 Å². The molecule has 2 atom stereocenters. The van der Waals surface area contributed by atoms with Gasteiger partial charge in [-0.05, 0) is 29.8 Å². The zero-order chi connectivity index (χ0) is 21.5. The van der Waals surface area contributed by atoms with Gasteiger partial charge in [-0.2, -0.15) is 18.3 Å². The van der Waals surface area contributed by atoms with Crippen LogP contribution >= 0.6 is 27.5 Å². The molecule has 0 aliphatic carbocycles. The molecular weight excluding hydrogens is 485 g/mol. The molecule has 1 aliphatic heterocycles. The molecule has 1 amide bonds. The van der Waals surface area contributed by atoms with E-state index in [1.165, 1.54) is 0 Å². The Morgan fingerprint density at radius 2 is 1.83 bits per heavy atom. The van der Waals surface area contributed by atoms with E-state index >= 15 is 0 Å². The third kappa shape index (κ3) is 4.04. The summed E-state index contributed by atoms with van der Waals surface area (Å²) >= 11 is 9.61. The molecule has 2 heterocycles. The zero-order valence-electron chi connectivity index (χ0n) is 15.3. The lowest BCUT2D eigenvalue weighted by atomic mass is 9.97. The standard InChI is InChI=1S/C20H15BrClF3N4O/c21-12-6-8-13(9-7-12)26-19(30)17-16(22)18-27-14(11-4-2-1-3-5-11)10-15(20(23,24)25)29(18)28-17/h1-9,14-15,27H,10H2,(H,26,30)/t14-,15-/m0/s1. The Balaban J connectivity index is 1.69. The number of amides is 1. The molecule has 0 saturated heterocycles. The normalized spacial score (nSPS) is 18.4. The van der Waals surface area contributed by atoms with Crippen molar-refractivity contribution in [2.24, 2.45) is 0 Å². The third-order valence-electron chi connectivity index (χ3n) is 4.81. The summed E-state index contributed by atoms with van der Waals surface area (Å²) in [7, 11) is 0. The van der Waals surface area contributed by atoms with Crippen molar-refractivity contribution in [3.8, 4) is 0 Å². The van der Waals surface area contributed by atoms with Gasteiger partial charge >= 0.3 is 6.18 Å². The molecule has 4 rings (SSSR count). The van der Waals surface area contributed by atoms with Crippen LogP contribution in [0.4, 0.5) is 24.7 Å². The molecule has 0 spiro atoms. The summed E-state index contributed by atoms with van der Waals surface area (Å²) in [5, 5.41) is 9.38. The maximum atomic E-state index is 13.8. The van der Waals surface area contributed by atoms with Gasteiger partial charge in [-0.3, -0.25) is 4.79 Å². The summed E-state index contributed by atoms with van der Waals surface area (Å²) < 4.78 is 43.0. The summed E-state index contributed by atoms with van der Waals surface area (Å²) in [6.07, 6.45) is -4.83. The first kappa shape index (κ1) is 20.7. The van der Waals surface area contributed by atoms with Crippen molar-refractivity contribution in [2.75, 3.05) is 10.6 Å². The minimum Gasteiger partial charge on any atom is -0.362 e. The molecule has 2 N–H and O–H groups in total. The molecule has 2 aromatic carbocycles. The predicted octanol–water partition coefficient (Wildman–Crippen LogP) is 6.21. The van der Waals surface area contributed by atoms with Gasteiger partial charge < -0.3 is 10.6 Å². The van der Waals surface area contributed by atoms with E-state index in [9.17, 15) is 18.0 Å². The van der Waals surface area contributed by atoms with Crippen LogP contribution in [0.15, 0.2) is 59.1 Å². The Kier molecular flexibility index (Phi) is 5.50. The molecule has 30 heavy (non-hydrogen) atoms. The van der Waals surface area contributed by atoms with E-state index in [-0.39, 0.29) is 23.0 Å². The minimum absolute atomic E-state index is 0.0277. The lowest BCUT2D eigenvalue weighted by Gasteiger charge is -2.33. The highest BCUT2D eigenvalue weighted by Gasteiger charge is 2.47. The number of carbonyl (C=O) groups excluding carboxylic acids is 1. The third-order valence-corrected chi connectivity index (χ3v) is 5.70. The molecule has 0 unspecified atom stereocenters. The topological polar surface area (TPSA) is 59.0 Å². The molecular formula is C20H15BrClF3N4O. The van der Waals surface area contributed by atoms with E-state index in [1.807, 2.05) is 0 Å². The number of nitrogens with one attached hydrogen (secondary N) is 2. The van der Waals surface area contributed by atoms with Crippen LogP contribution in [0.5, 0.6) is 0 Å². The number of fused-ring (bicyclic) bond motifs is 1. The highest BCUT2D eigenvalue weighted by Crippen LogP contribution is 2.46. The van der Waals surface area contributed by atoms with Crippen molar-refractivity contribution in [1.82, 2.24) is 9.78 Å². The van der Waals surface area contributed by atoms with Gasteiger partial charge in [-0.15, -0.1) is 0 Å². The van der Waals surface area contributed by atoms with Gasteiger partial charge in [0, 0.05) is 16.6 Å². The molecule has 3 aromatic rings. The van der Waals surface area contributed by atoms with Gasteiger partial charge in [0.1, 0.15) is 10.8 Å². The van der Waals surface area contributed by atoms with Crippen molar-refractivity contribution in [1.29, 1.82) is 0 Å². The summed E-state index contributed by atoms with van der Waals surface area (Å²) in [6, 6.07) is 13.0. The number of hydrogen-bond acceptors (Lipinski definition) is 3. The van der Waals surface area contributed by atoms with E-state index in [0.29, 0.717) is 11.3 Å². The van der Waals surface area contributed by atoms with Gasteiger partial charge in [-0.1, -0.05) is 57.9 Å². The van der Waals surface area contributed by atoms with Crippen LogP contribution in [0.3, 0.4) is 0 Å². The quantitative estimate of drug-likeness (QED) is 0.450. The van der Waals surface area contributed by atoms with Gasteiger partial charge in [0.15, 0.2) is 11.7 Å². The van der Waals surface area contributed by atoms with Crippen LogP contribution in [-0.2, 0) is 0 Å². The number of halogens is 5. The molecule has 0 bridgehead atoms. The van der Waals surface area contributed by atoms with Gasteiger partial charge in [0.25, 0.3) is 5.91 Å². The van der Waals surface area contributed by atoms with Crippen LogP contribution in [0, 0.1) is 0 Å². The Bertz CT molecular complexity index is 1070. The van der Waals surface area contributed by atoms with Crippen LogP contribution in [-0.4, -0.2) is 21.9 Å². The van der Waals surface area contributed by atoms with Crippen molar-refractivity contribution < 1.29 is 18.0 Å². The van der Waals surface area contributed by atoms with Crippen LogP contribution in [0.25, 0.3) is 0 Å². The van der Waals surface area contributed by atoms with E-state index in [0.717, 1.165) is 9.15 Å². The number of aromatic nitrogens is 2. The molecule has 1 aromatic heterocycles. The monoisotopic (exact) mass is 498 g/mol. The number of alkyl halides is 3. The molecule has 10 heteroatoms. The molecule has 0 fully saturated rings. The van der Waals surface area contributed by atoms with Gasteiger partial charge in [0.05, 0.1) is 6.04 Å². The fourth-order valence-electron chi connectivity index (χ4n) is 3.36. The number of benzene rings is 2. The summed E-state index contributed by atoms with van der Waals surface area (Å²) in [5.74, 6) is -0.719. The average molecular weight is 500 g/mol. The number of carbonyl (C=O) groups is 1. The van der Waals surface area contributed by atoms with E-state index < -0.39 is 24.2 Å². The Labute approximate surface area is 183 Å². The molecule has 5 nitrogen and oxygen atoms in total. The largest absolute Gasteiger partial charge is 0.410 e. The second-order valence-corrected chi connectivity index (χ2v) is 8.11. The molecule has 1 aliphatic rings. The van der Waals surface area contributed by atoms with Crippen LogP contribution in [0.2, 0.25) is 5.02 Å². The predicted molar refractivity (Wildman–Crippen MR) is 112 cm³/mol. The number of rotatable bonds is 3. The fraction of sp³-hybridized carbons (Fsp3) is 0.200. The first-order chi connectivity index (χ1) is 14.2. The van der Waals surface area contributed by atoms with Gasteiger partial charge in [-0.25, -0.2) is 4.68 Å². The van der Waals surface area contributed by atoms with Crippen molar-refractivity contribution in [3.05, 3.63) is 75.4 Å². The summed E-state index contributed by atoms with van der Waals surface area (Å²) in [4.78, 5) is 12.7. The Morgan fingerprint density at radius 1 is 1.17 bits per heavy atom. The van der Waals surface area contributed by atoms with E-state index in [1.54, 1.807) is 54.6 Å². The first-order valence-electron chi connectivity index (χ1n) is 8.97. The second kappa shape index (κ2) is 7.96. The maximum Gasteiger partial charge on any atom is 0.410 e. The van der Waals surface area contributed by atoms with E-state index in [2.05, 4.69) is 31.7 Å². The number of nitrogens with zero attached hydrogens (tertiary/aromatic N) is 2. The molecule has 0 saturated carbocycles. The summed E-state index contributed by atoms with van der Waals surface area (Å²) in [5.41, 5.74) is 0.883. The lowest BCUT2D eigenvalue weighted by Crippen LogP contribution is -2.35. The maximum absolute atomic E-state index is 13.8. The van der Waals surface area contributed by atoms with Crippen molar-refractivity contribution in [2.45, 2.75) is 24.7 Å². The van der Waals surface area contributed by atoms with Crippen molar-refractivity contribution in [3.63, 3.8) is 0 Å². The second-order valence-electron chi connectivity index (χ2n) is 6.82. The summed E-state index contributed by atoms with van der Waals surface area (Å²) in [6.45, 7) is 0. The van der Waals surface area contributed by atoms with Crippen LogP contribution < -0.4 is 10.6 Å². The van der Waals surface area contributed by atoms with Gasteiger partial charge in [0.2, 0.25) is 0 Å². The zero-order valence-corrected chi connectivity index (χ0v) is 17.6. The SMILES string of the molecule is O=C(Nc1ccc(Br)cc1)c1nn2c(c1Cl)N[C@H](c1ccccc1)C[C@H]2C(F)(F)F. The van der Waals surface area contributed by atoms with Crippen LogP contribution in [0.1, 0.15) is 34.6 Å². The first-order valence-corrected chi connectivity index (χ1v) is 10.1. The highest BCUT2D eigenvalue weighted by molar-refractivity contribution is 9.10. The molecule has 0 radical (unpaired) electrons. The number of hydrogen-bond donors (Lipinski definition) is 2. The number of anilines is 2. The highest BCUT2D eigenvalue weighted by atomic mass is 79.9. The lowest BCUT2D eigenvalue weighted by molar-refractivity contribution is -0.173. The Hall–Kier alpha value is -2.52. The fourth-order valence-corrected chi connectivity index (χ4v) is 3.89. The Morgan fingerprint density at radius 3 is 2.47 bits per heavy atom. The molecule has 156 valence electrons. The smallest absolute Gasteiger partial charge is 0.362 e.